The van der Waals surface area contributed by atoms with Gasteiger partial charge < -0.3 is 5.32 Å². The van der Waals surface area contributed by atoms with E-state index in [-0.39, 0.29) is 0 Å². The van der Waals surface area contributed by atoms with Crippen LogP contribution >= 0.6 is 11.8 Å². The molecule has 2 rings (SSSR count). The maximum atomic E-state index is 3.75. The second-order valence-corrected chi connectivity index (χ2v) is 7.76. The van der Waals surface area contributed by atoms with Crippen molar-refractivity contribution in [3.8, 4) is 0 Å². The Labute approximate surface area is 117 Å². The van der Waals surface area contributed by atoms with Crippen LogP contribution in [0.3, 0.4) is 0 Å². The molecule has 2 nitrogen and oxygen atoms in total. The van der Waals surface area contributed by atoms with Crippen LogP contribution in [-0.4, -0.2) is 48.1 Å². The molecule has 1 heterocycles. The average Bonchev–Trinajstić information content (AvgIpc) is 3.14. The molecule has 0 amide bonds. The summed E-state index contributed by atoms with van der Waals surface area (Å²) < 4.78 is 0. The van der Waals surface area contributed by atoms with E-state index in [0.717, 1.165) is 12.1 Å². The highest BCUT2D eigenvalue weighted by atomic mass is 32.2. The molecule has 0 aromatic heterocycles. The standard InChI is InChI=1S/C15H30N2S/c1-4-7-15(3,11-16-14-5-6-14)12-17-8-9-18-10-13(17)2/h13-14,16H,4-12H2,1-3H3. The summed E-state index contributed by atoms with van der Waals surface area (Å²) in [5.41, 5.74) is 0.466. The third-order valence-corrected chi connectivity index (χ3v) is 5.53. The predicted octanol–water partition coefficient (Wildman–Crippen LogP) is 2.98. The van der Waals surface area contributed by atoms with Gasteiger partial charge in [0.1, 0.15) is 0 Å². The van der Waals surface area contributed by atoms with Gasteiger partial charge in [-0.3, -0.25) is 4.90 Å². The normalized spacial score (nSPS) is 29.2. The van der Waals surface area contributed by atoms with Crippen LogP contribution in [0.25, 0.3) is 0 Å². The van der Waals surface area contributed by atoms with E-state index in [9.17, 15) is 0 Å². The summed E-state index contributed by atoms with van der Waals surface area (Å²) in [6.07, 6.45) is 5.46. The molecule has 1 saturated carbocycles. The highest BCUT2D eigenvalue weighted by Gasteiger charge is 2.31. The smallest absolute Gasteiger partial charge is 0.0158 e. The summed E-state index contributed by atoms with van der Waals surface area (Å²) in [6, 6.07) is 1.61. The molecule has 106 valence electrons. The Balaban J connectivity index is 1.85. The number of hydrogen-bond acceptors (Lipinski definition) is 3. The second kappa shape index (κ2) is 6.62. The number of rotatable bonds is 7. The molecule has 0 bridgehead atoms. The van der Waals surface area contributed by atoms with Gasteiger partial charge in [0.05, 0.1) is 0 Å². The first-order valence-corrected chi connectivity index (χ1v) is 8.83. The first-order chi connectivity index (χ1) is 8.63. The molecule has 1 N–H and O–H groups in total. The minimum atomic E-state index is 0.466. The fraction of sp³-hybridized carbons (Fsp3) is 1.00. The summed E-state index contributed by atoms with van der Waals surface area (Å²) in [4.78, 5) is 2.72. The Hall–Kier alpha value is 0.270. The predicted molar refractivity (Wildman–Crippen MR) is 82.4 cm³/mol. The maximum Gasteiger partial charge on any atom is 0.0158 e. The zero-order valence-electron chi connectivity index (χ0n) is 12.4. The van der Waals surface area contributed by atoms with Gasteiger partial charge in [-0.25, -0.2) is 0 Å². The lowest BCUT2D eigenvalue weighted by molar-refractivity contribution is 0.127. The maximum absolute atomic E-state index is 3.75. The summed E-state index contributed by atoms with van der Waals surface area (Å²) in [7, 11) is 0. The van der Waals surface area contributed by atoms with Crippen LogP contribution in [0.1, 0.15) is 46.5 Å². The van der Waals surface area contributed by atoms with Crippen LogP contribution in [0, 0.1) is 5.41 Å². The largest absolute Gasteiger partial charge is 0.313 e. The van der Waals surface area contributed by atoms with Crippen molar-refractivity contribution in [2.45, 2.75) is 58.5 Å². The van der Waals surface area contributed by atoms with Gasteiger partial charge in [0.15, 0.2) is 0 Å². The van der Waals surface area contributed by atoms with Crippen LogP contribution in [-0.2, 0) is 0 Å². The molecule has 1 saturated heterocycles. The van der Waals surface area contributed by atoms with Gasteiger partial charge in [-0.15, -0.1) is 0 Å². The summed E-state index contributed by atoms with van der Waals surface area (Å²) in [6.45, 7) is 11.0. The van der Waals surface area contributed by atoms with Crippen molar-refractivity contribution in [3.05, 3.63) is 0 Å². The second-order valence-electron chi connectivity index (χ2n) is 6.61. The van der Waals surface area contributed by atoms with Gasteiger partial charge >= 0.3 is 0 Å². The van der Waals surface area contributed by atoms with Crippen LogP contribution in [0.15, 0.2) is 0 Å². The van der Waals surface area contributed by atoms with Crippen molar-refractivity contribution in [2.24, 2.45) is 5.41 Å². The molecule has 2 fully saturated rings. The topological polar surface area (TPSA) is 15.3 Å². The van der Waals surface area contributed by atoms with Crippen molar-refractivity contribution in [1.82, 2.24) is 10.2 Å². The van der Waals surface area contributed by atoms with E-state index in [0.29, 0.717) is 5.41 Å². The van der Waals surface area contributed by atoms with Gasteiger partial charge in [-0.05, 0) is 31.6 Å². The molecular weight excluding hydrogens is 240 g/mol. The van der Waals surface area contributed by atoms with Crippen molar-refractivity contribution in [3.63, 3.8) is 0 Å². The summed E-state index contributed by atoms with van der Waals surface area (Å²) >= 11 is 2.12. The van der Waals surface area contributed by atoms with Crippen molar-refractivity contribution >= 4 is 11.8 Å². The van der Waals surface area contributed by atoms with Crippen LogP contribution < -0.4 is 5.32 Å². The van der Waals surface area contributed by atoms with Crippen LogP contribution in [0.2, 0.25) is 0 Å². The monoisotopic (exact) mass is 270 g/mol. The van der Waals surface area contributed by atoms with E-state index in [2.05, 4.69) is 42.7 Å². The van der Waals surface area contributed by atoms with Gasteiger partial charge in [0.25, 0.3) is 0 Å². The zero-order valence-corrected chi connectivity index (χ0v) is 13.2. The highest BCUT2D eigenvalue weighted by Crippen LogP contribution is 2.29. The first kappa shape index (κ1) is 14.7. The summed E-state index contributed by atoms with van der Waals surface area (Å²) in [5.74, 6) is 2.64. The van der Waals surface area contributed by atoms with E-state index in [1.165, 1.54) is 56.8 Å². The fourth-order valence-electron chi connectivity index (χ4n) is 2.99. The molecule has 1 aliphatic heterocycles. The average molecular weight is 270 g/mol. The molecule has 0 radical (unpaired) electrons. The van der Waals surface area contributed by atoms with Crippen molar-refractivity contribution in [1.29, 1.82) is 0 Å². The SMILES string of the molecule is CCCC(C)(CNC1CC1)CN1CCSCC1C. The minimum absolute atomic E-state index is 0.466. The highest BCUT2D eigenvalue weighted by molar-refractivity contribution is 7.99. The molecule has 1 aliphatic carbocycles. The Kier molecular flexibility index (Phi) is 5.40. The van der Waals surface area contributed by atoms with Gasteiger partial charge in [-0.2, -0.15) is 11.8 Å². The Morgan fingerprint density at radius 3 is 2.78 bits per heavy atom. The van der Waals surface area contributed by atoms with E-state index >= 15 is 0 Å². The molecule has 2 atom stereocenters. The third-order valence-electron chi connectivity index (χ3n) is 4.34. The Morgan fingerprint density at radius 2 is 2.17 bits per heavy atom. The van der Waals surface area contributed by atoms with Gasteiger partial charge in [0, 0.05) is 43.2 Å². The van der Waals surface area contributed by atoms with E-state index in [4.69, 9.17) is 0 Å². The van der Waals surface area contributed by atoms with Crippen LogP contribution in [0.4, 0.5) is 0 Å². The number of thioether (sulfide) groups is 1. The van der Waals surface area contributed by atoms with Crippen molar-refractivity contribution in [2.75, 3.05) is 31.1 Å². The van der Waals surface area contributed by atoms with E-state index in [1.807, 2.05) is 0 Å². The zero-order chi connectivity index (χ0) is 13.0. The quantitative estimate of drug-likeness (QED) is 0.765. The minimum Gasteiger partial charge on any atom is -0.313 e. The van der Waals surface area contributed by atoms with Gasteiger partial charge in [-0.1, -0.05) is 20.3 Å². The van der Waals surface area contributed by atoms with E-state index in [1.54, 1.807) is 0 Å². The number of hydrogen-bond donors (Lipinski definition) is 1. The molecule has 3 heteroatoms. The molecular formula is C15H30N2S. The van der Waals surface area contributed by atoms with E-state index < -0.39 is 0 Å². The molecule has 2 unspecified atom stereocenters. The molecule has 18 heavy (non-hydrogen) atoms. The van der Waals surface area contributed by atoms with Gasteiger partial charge in [0.2, 0.25) is 0 Å². The summed E-state index contributed by atoms with van der Waals surface area (Å²) in [5, 5.41) is 3.75. The fourth-order valence-corrected chi connectivity index (χ4v) is 4.07. The Bertz CT molecular complexity index is 255. The molecule has 0 aromatic carbocycles. The van der Waals surface area contributed by atoms with Crippen molar-refractivity contribution < 1.29 is 0 Å². The first-order valence-electron chi connectivity index (χ1n) is 7.68. The molecule has 2 aliphatic rings. The lowest BCUT2D eigenvalue weighted by Crippen LogP contribution is -2.49. The molecule has 0 spiro atoms. The lowest BCUT2D eigenvalue weighted by Gasteiger charge is -2.41. The Morgan fingerprint density at radius 1 is 1.39 bits per heavy atom. The molecule has 0 aromatic rings. The number of nitrogens with zero attached hydrogens (tertiary/aromatic N) is 1. The third kappa shape index (κ3) is 4.43. The number of nitrogens with one attached hydrogen (secondary N) is 1. The van der Waals surface area contributed by atoms with Crippen LogP contribution in [0.5, 0.6) is 0 Å². The lowest BCUT2D eigenvalue weighted by atomic mass is 9.84.